The standard InChI is InChI=1S/C13H15FO/c14-12-9-5-4-8-11(12)13(15)10-6-2-1-3-7-10/h4-6,8-9,13,15H,1-3,7H2. The van der Waals surface area contributed by atoms with Crippen molar-refractivity contribution < 1.29 is 9.50 Å². The Morgan fingerprint density at radius 3 is 2.67 bits per heavy atom. The maximum absolute atomic E-state index is 13.4. The lowest BCUT2D eigenvalue weighted by atomic mass is 9.91. The molecule has 0 aromatic heterocycles. The van der Waals surface area contributed by atoms with Gasteiger partial charge in [0.25, 0.3) is 0 Å². The van der Waals surface area contributed by atoms with Gasteiger partial charge in [-0.15, -0.1) is 0 Å². The number of benzene rings is 1. The molecule has 0 bridgehead atoms. The molecule has 1 atom stereocenters. The number of hydrogen-bond donors (Lipinski definition) is 1. The van der Waals surface area contributed by atoms with Crippen LogP contribution in [0.25, 0.3) is 0 Å². The van der Waals surface area contributed by atoms with Gasteiger partial charge in [0, 0.05) is 5.56 Å². The van der Waals surface area contributed by atoms with E-state index in [1.807, 2.05) is 6.08 Å². The van der Waals surface area contributed by atoms with E-state index in [4.69, 9.17) is 0 Å². The van der Waals surface area contributed by atoms with E-state index in [1.54, 1.807) is 18.2 Å². The van der Waals surface area contributed by atoms with Crippen LogP contribution in [-0.2, 0) is 0 Å². The van der Waals surface area contributed by atoms with E-state index in [0.717, 1.165) is 24.8 Å². The summed E-state index contributed by atoms with van der Waals surface area (Å²) in [4.78, 5) is 0. The smallest absolute Gasteiger partial charge is 0.129 e. The van der Waals surface area contributed by atoms with E-state index in [1.165, 1.54) is 12.5 Å². The van der Waals surface area contributed by atoms with Gasteiger partial charge < -0.3 is 5.11 Å². The average molecular weight is 206 g/mol. The van der Waals surface area contributed by atoms with E-state index in [-0.39, 0.29) is 5.82 Å². The van der Waals surface area contributed by atoms with Crippen molar-refractivity contribution in [2.45, 2.75) is 31.8 Å². The van der Waals surface area contributed by atoms with E-state index in [9.17, 15) is 9.50 Å². The molecule has 80 valence electrons. The summed E-state index contributed by atoms with van der Waals surface area (Å²) >= 11 is 0. The SMILES string of the molecule is OC(C1=CCCCC1)c1ccccc1F. The minimum atomic E-state index is -0.758. The van der Waals surface area contributed by atoms with Crippen molar-refractivity contribution in [1.29, 1.82) is 0 Å². The predicted octanol–water partition coefficient (Wildman–Crippen LogP) is 3.36. The van der Waals surface area contributed by atoms with Crippen molar-refractivity contribution in [3.05, 3.63) is 47.3 Å². The average Bonchev–Trinajstić information content (AvgIpc) is 2.30. The highest BCUT2D eigenvalue weighted by Gasteiger charge is 2.17. The molecule has 1 aromatic carbocycles. The molecule has 0 heterocycles. The van der Waals surface area contributed by atoms with Gasteiger partial charge >= 0.3 is 0 Å². The summed E-state index contributed by atoms with van der Waals surface area (Å²) in [5.74, 6) is -0.323. The third-order valence-corrected chi connectivity index (χ3v) is 2.88. The summed E-state index contributed by atoms with van der Waals surface area (Å²) in [6.45, 7) is 0. The fourth-order valence-electron chi connectivity index (χ4n) is 2.01. The third kappa shape index (κ3) is 2.26. The molecular weight excluding hydrogens is 191 g/mol. The van der Waals surface area contributed by atoms with E-state index >= 15 is 0 Å². The van der Waals surface area contributed by atoms with Crippen molar-refractivity contribution >= 4 is 0 Å². The number of hydrogen-bond acceptors (Lipinski definition) is 1. The third-order valence-electron chi connectivity index (χ3n) is 2.88. The Hall–Kier alpha value is -1.15. The lowest BCUT2D eigenvalue weighted by Crippen LogP contribution is -2.06. The second-order valence-corrected chi connectivity index (χ2v) is 3.95. The van der Waals surface area contributed by atoms with Gasteiger partial charge in [-0.05, 0) is 37.3 Å². The summed E-state index contributed by atoms with van der Waals surface area (Å²) in [5, 5.41) is 10.0. The first-order valence-electron chi connectivity index (χ1n) is 5.40. The molecule has 1 aliphatic carbocycles. The van der Waals surface area contributed by atoms with E-state index in [0.29, 0.717) is 5.56 Å². The molecule has 2 rings (SSSR count). The lowest BCUT2D eigenvalue weighted by Gasteiger charge is -2.19. The fraction of sp³-hybridized carbons (Fsp3) is 0.385. The van der Waals surface area contributed by atoms with Crippen LogP contribution in [0.15, 0.2) is 35.9 Å². The van der Waals surface area contributed by atoms with Crippen molar-refractivity contribution in [3.8, 4) is 0 Å². The Labute approximate surface area is 89.3 Å². The first kappa shape index (κ1) is 10.4. The van der Waals surface area contributed by atoms with Crippen LogP contribution in [0.2, 0.25) is 0 Å². The first-order valence-corrected chi connectivity index (χ1v) is 5.40. The molecule has 2 heteroatoms. The topological polar surface area (TPSA) is 20.2 Å². The van der Waals surface area contributed by atoms with Gasteiger partial charge in [0.2, 0.25) is 0 Å². The number of allylic oxidation sites excluding steroid dienone is 1. The number of aliphatic hydroxyl groups excluding tert-OH is 1. The molecule has 1 nitrogen and oxygen atoms in total. The zero-order valence-corrected chi connectivity index (χ0v) is 8.62. The van der Waals surface area contributed by atoms with Gasteiger partial charge in [-0.1, -0.05) is 24.3 Å². The van der Waals surface area contributed by atoms with Crippen LogP contribution in [-0.4, -0.2) is 5.11 Å². The van der Waals surface area contributed by atoms with Crippen LogP contribution in [0.1, 0.15) is 37.4 Å². The fourth-order valence-corrected chi connectivity index (χ4v) is 2.01. The zero-order valence-electron chi connectivity index (χ0n) is 8.62. The Kier molecular flexibility index (Phi) is 3.17. The van der Waals surface area contributed by atoms with Crippen molar-refractivity contribution in [1.82, 2.24) is 0 Å². The number of halogens is 1. The first-order chi connectivity index (χ1) is 7.29. The minimum Gasteiger partial charge on any atom is -0.384 e. The summed E-state index contributed by atoms with van der Waals surface area (Å²) in [6, 6.07) is 6.43. The Balaban J connectivity index is 2.23. The van der Waals surface area contributed by atoms with Crippen molar-refractivity contribution in [3.63, 3.8) is 0 Å². The number of rotatable bonds is 2. The van der Waals surface area contributed by atoms with Crippen molar-refractivity contribution in [2.24, 2.45) is 0 Å². The lowest BCUT2D eigenvalue weighted by molar-refractivity contribution is 0.203. The second-order valence-electron chi connectivity index (χ2n) is 3.95. The van der Waals surface area contributed by atoms with Gasteiger partial charge in [0.1, 0.15) is 11.9 Å². The second kappa shape index (κ2) is 4.58. The van der Waals surface area contributed by atoms with Crippen LogP contribution in [0.3, 0.4) is 0 Å². The predicted molar refractivity (Wildman–Crippen MR) is 57.9 cm³/mol. The van der Waals surface area contributed by atoms with Gasteiger partial charge in [-0.25, -0.2) is 4.39 Å². The van der Waals surface area contributed by atoms with Gasteiger partial charge in [-0.3, -0.25) is 0 Å². The highest BCUT2D eigenvalue weighted by Crippen LogP contribution is 2.30. The normalized spacial score (nSPS) is 18.4. The molecule has 0 aliphatic heterocycles. The largest absolute Gasteiger partial charge is 0.384 e. The molecule has 1 aromatic rings. The monoisotopic (exact) mass is 206 g/mol. The summed E-state index contributed by atoms with van der Waals surface area (Å²) in [7, 11) is 0. The quantitative estimate of drug-likeness (QED) is 0.736. The summed E-state index contributed by atoms with van der Waals surface area (Å²) < 4.78 is 13.4. The molecule has 0 radical (unpaired) electrons. The Bertz CT molecular complexity index is 371. The molecule has 1 N–H and O–H groups in total. The van der Waals surface area contributed by atoms with Crippen molar-refractivity contribution in [2.75, 3.05) is 0 Å². The van der Waals surface area contributed by atoms with Crippen LogP contribution in [0.4, 0.5) is 4.39 Å². The number of aliphatic hydroxyl groups is 1. The molecular formula is C13H15FO. The Morgan fingerprint density at radius 1 is 1.20 bits per heavy atom. The molecule has 15 heavy (non-hydrogen) atoms. The molecule has 0 fully saturated rings. The highest BCUT2D eigenvalue weighted by atomic mass is 19.1. The van der Waals surface area contributed by atoms with E-state index < -0.39 is 6.10 Å². The highest BCUT2D eigenvalue weighted by molar-refractivity contribution is 5.28. The minimum absolute atomic E-state index is 0.323. The molecule has 0 spiro atoms. The molecule has 0 amide bonds. The maximum atomic E-state index is 13.4. The summed E-state index contributed by atoms with van der Waals surface area (Å²) in [5.41, 5.74) is 1.36. The van der Waals surface area contributed by atoms with E-state index in [2.05, 4.69) is 0 Å². The van der Waals surface area contributed by atoms with Crippen LogP contribution < -0.4 is 0 Å². The molecule has 1 unspecified atom stereocenters. The van der Waals surface area contributed by atoms with Gasteiger partial charge in [0.05, 0.1) is 0 Å². The van der Waals surface area contributed by atoms with Crippen LogP contribution >= 0.6 is 0 Å². The maximum Gasteiger partial charge on any atom is 0.129 e. The van der Waals surface area contributed by atoms with Gasteiger partial charge in [-0.2, -0.15) is 0 Å². The van der Waals surface area contributed by atoms with Gasteiger partial charge in [0.15, 0.2) is 0 Å². The summed E-state index contributed by atoms with van der Waals surface area (Å²) in [6.07, 6.45) is 5.44. The Morgan fingerprint density at radius 2 is 2.00 bits per heavy atom. The van der Waals surface area contributed by atoms with Crippen LogP contribution in [0, 0.1) is 5.82 Å². The molecule has 0 saturated carbocycles. The van der Waals surface area contributed by atoms with Crippen LogP contribution in [0.5, 0.6) is 0 Å². The molecule has 1 aliphatic rings. The zero-order chi connectivity index (χ0) is 10.7. The molecule has 0 saturated heterocycles.